The summed E-state index contributed by atoms with van der Waals surface area (Å²) in [7, 11) is 0. The van der Waals surface area contributed by atoms with Crippen LogP contribution in [-0.4, -0.2) is 18.1 Å². The fourth-order valence-corrected chi connectivity index (χ4v) is 1.87. The summed E-state index contributed by atoms with van der Waals surface area (Å²) in [6.45, 7) is 4.91. The van der Waals surface area contributed by atoms with Gasteiger partial charge in [0.15, 0.2) is 0 Å². The van der Waals surface area contributed by atoms with E-state index in [1.54, 1.807) is 0 Å². The van der Waals surface area contributed by atoms with Gasteiger partial charge in [0.2, 0.25) is 0 Å². The van der Waals surface area contributed by atoms with Gasteiger partial charge in [-0.05, 0) is 43.9 Å². The molecule has 3 nitrogen and oxygen atoms in total. The maximum Gasteiger partial charge on any atom is 0.137 e. The number of aromatic nitrogens is 1. The van der Waals surface area contributed by atoms with Crippen molar-refractivity contribution in [3.63, 3.8) is 0 Å². The summed E-state index contributed by atoms with van der Waals surface area (Å²) >= 11 is 0. The van der Waals surface area contributed by atoms with Crippen LogP contribution in [0.2, 0.25) is 0 Å². The molecule has 0 aromatic carbocycles. The van der Waals surface area contributed by atoms with E-state index >= 15 is 0 Å². The lowest BCUT2D eigenvalue weighted by Crippen LogP contribution is -2.19. The smallest absolute Gasteiger partial charge is 0.137 e. The minimum atomic E-state index is 0.779. The largest absolute Gasteiger partial charge is 0.492 e. The van der Waals surface area contributed by atoms with E-state index in [1.807, 2.05) is 18.3 Å². The average molecular weight is 234 g/mol. The van der Waals surface area contributed by atoms with Crippen LogP contribution in [-0.2, 0) is 6.54 Å². The lowest BCUT2D eigenvalue weighted by molar-refractivity contribution is 0.180. The molecule has 1 aliphatic carbocycles. The standard InChI is InChI=1S/C14H22N2O/c1-2-8-15-9-13-6-7-14(10-16-13)17-11-12-4-3-5-12/h6-7,10,12,15H,2-5,8-9,11H2,1H3. The summed E-state index contributed by atoms with van der Waals surface area (Å²) in [5.41, 5.74) is 1.08. The Hall–Kier alpha value is -1.09. The van der Waals surface area contributed by atoms with Crippen molar-refractivity contribution < 1.29 is 4.74 Å². The number of ether oxygens (including phenoxy) is 1. The molecular weight excluding hydrogens is 212 g/mol. The van der Waals surface area contributed by atoms with E-state index in [9.17, 15) is 0 Å². The molecule has 0 aliphatic heterocycles. The zero-order valence-electron chi connectivity index (χ0n) is 10.6. The topological polar surface area (TPSA) is 34.1 Å². The van der Waals surface area contributed by atoms with Crippen molar-refractivity contribution in [1.82, 2.24) is 10.3 Å². The van der Waals surface area contributed by atoms with Crippen molar-refractivity contribution >= 4 is 0 Å². The molecule has 1 aromatic heterocycles. The Balaban J connectivity index is 1.72. The number of nitrogens with zero attached hydrogens (tertiary/aromatic N) is 1. The zero-order valence-corrected chi connectivity index (χ0v) is 10.6. The maximum atomic E-state index is 5.71. The van der Waals surface area contributed by atoms with Gasteiger partial charge >= 0.3 is 0 Å². The molecule has 0 atom stereocenters. The van der Waals surface area contributed by atoms with Gasteiger partial charge in [-0.1, -0.05) is 13.3 Å². The van der Waals surface area contributed by atoms with Crippen LogP contribution >= 0.6 is 0 Å². The summed E-state index contributed by atoms with van der Waals surface area (Å²) in [5.74, 6) is 1.68. The number of hydrogen-bond acceptors (Lipinski definition) is 3. The Morgan fingerprint density at radius 3 is 2.88 bits per heavy atom. The van der Waals surface area contributed by atoms with Gasteiger partial charge in [-0.2, -0.15) is 0 Å². The molecule has 1 aromatic rings. The average Bonchev–Trinajstić information content (AvgIpc) is 2.29. The van der Waals surface area contributed by atoms with Gasteiger partial charge < -0.3 is 10.1 Å². The van der Waals surface area contributed by atoms with Crippen LogP contribution in [0.25, 0.3) is 0 Å². The molecule has 17 heavy (non-hydrogen) atoms. The van der Waals surface area contributed by atoms with E-state index in [-0.39, 0.29) is 0 Å². The highest BCUT2D eigenvalue weighted by Crippen LogP contribution is 2.26. The first-order valence-electron chi connectivity index (χ1n) is 6.67. The normalized spacial score (nSPS) is 15.6. The molecule has 0 spiro atoms. The Morgan fingerprint density at radius 1 is 1.41 bits per heavy atom. The molecule has 0 radical (unpaired) electrons. The summed E-state index contributed by atoms with van der Waals surface area (Å²) in [6.07, 6.45) is 7.01. The van der Waals surface area contributed by atoms with Crippen LogP contribution in [0.4, 0.5) is 0 Å². The molecule has 0 amide bonds. The molecule has 0 saturated heterocycles. The highest BCUT2D eigenvalue weighted by atomic mass is 16.5. The first kappa shape index (κ1) is 12.4. The van der Waals surface area contributed by atoms with Crippen LogP contribution in [0.3, 0.4) is 0 Å². The lowest BCUT2D eigenvalue weighted by atomic mass is 9.86. The maximum absolute atomic E-state index is 5.71. The summed E-state index contributed by atoms with van der Waals surface area (Å²) in [4.78, 5) is 4.38. The van der Waals surface area contributed by atoms with E-state index in [0.29, 0.717) is 0 Å². The number of rotatable bonds is 7. The second-order valence-electron chi connectivity index (χ2n) is 4.77. The molecular formula is C14H22N2O. The van der Waals surface area contributed by atoms with Gasteiger partial charge in [-0.3, -0.25) is 4.98 Å². The molecule has 1 heterocycles. The van der Waals surface area contributed by atoms with Gasteiger partial charge in [-0.25, -0.2) is 0 Å². The summed E-state index contributed by atoms with van der Waals surface area (Å²) in [6, 6.07) is 4.06. The monoisotopic (exact) mass is 234 g/mol. The lowest BCUT2D eigenvalue weighted by Gasteiger charge is -2.24. The fraction of sp³-hybridized carbons (Fsp3) is 0.643. The Morgan fingerprint density at radius 2 is 2.29 bits per heavy atom. The highest BCUT2D eigenvalue weighted by Gasteiger charge is 2.17. The van der Waals surface area contributed by atoms with E-state index in [2.05, 4.69) is 17.2 Å². The quantitative estimate of drug-likeness (QED) is 0.737. The first-order chi connectivity index (χ1) is 8.38. The molecule has 1 N–H and O–H groups in total. The third-order valence-electron chi connectivity index (χ3n) is 3.24. The Kier molecular flexibility index (Phi) is 4.80. The minimum Gasteiger partial charge on any atom is -0.492 e. The highest BCUT2D eigenvalue weighted by molar-refractivity contribution is 5.19. The predicted octanol–water partition coefficient (Wildman–Crippen LogP) is 2.76. The first-order valence-corrected chi connectivity index (χ1v) is 6.67. The third-order valence-corrected chi connectivity index (χ3v) is 3.24. The van der Waals surface area contributed by atoms with Crippen molar-refractivity contribution in [2.24, 2.45) is 5.92 Å². The molecule has 1 aliphatic rings. The van der Waals surface area contributed by atoms with Crippen LogP contribution in [0.1, 0.15) is 38.3 Å². The van der Waals surface area contributed by atoms with Crippen LogP contribution in [0, 0.1) is 5.92 Å². The van der Waals surface area contributed by atoms with Gasteiger partial charge in [0.05, 0.1) is 18.5 Å². The van der Waals surface area contributed by atoms with E-state index in [0.717, 1.165) is 43.5 Å². The second-order valence-corrected chi connectivity index (χ2v) is 4.77. The molecule has 94 valence electrons. The molecule has 2 rings (SSSR count). The summed E-state index contributed by atoms with van der Waals surface area (Å²) in [5, 5.41) is 3.34. The zero-order chi connectivity index (χ0) is 11.9. The number of nitrogens with one attached hydrogen (secondary N) is 1. The van der Waals surface area contributed by atoms with Crippen LogP contribution in [0.15, 0.2) is 18.3 Å². The number of hydrogen-bond donors (Lipinski definition) is 1. The molecule has 0 unspecified atom stereocenters. The van der Waals surface area contributed by atoms with Gasteiger partial charge in [0, 0.05) is 6.54 Å². The van der Waals surface area contributed by atoms with Gasteiger partial charge in [0.25, 0.3) is 0 Å². The molecule has 0 bridgehead atoms. The van der Waals surface area contributed by atoms with E-state index in [1.165, 1.54) is 19.3 Å². The summed E-state index contributed by atoms with van der Waals surface area (Å²) < 4.78 is 5.71. The molecule has 1 fully saturated rings. The SMILES string of the molecule is CCCNCc1ccc(OCC2CCC2)cn1. The predicted molar refractivity (Wildman–Crippen MR) is 69.1 cm³/mol. The van der Waals surface area contributed by atoms with Gasteiger partial charge in [-0.15, -0.1) is 0 Å². The Bertz CT molecular complexity index is 319. The van der Waals surface area contributed by atoms with Crippen molar-refractivity contribution in [1.29, 1.82) is 0 Å². The van der Waals surface area contributed by atoms with Crippen molar-refractivity contribution in [3.8, 4) is 5.75 Å². The van der Waals surface area contributed by atoms with Crippen LogP contribution < -0.4 is 10.1 Å². The fourth-order valence-electron chi connectivity index (χ4n) is 1.87. The minimum absolute atomic E-state index is 0.779. The van der Waals surface area contributed by atoms with Crippen molar-refractivity contribution in [2.45, 2.75) is 39.2 Å². The van der Waals surface area contributed by atoms with E-state index < -0.39 is 0 Å². The van der Waals surface area contributed by atoms with Gasteiger partial charge in [0.1, 0.15) is 5.75 Å². The van der Waals surface area contributed by atoms with Crippen LogP contribution in [0.5, 0.6) is 5.75 Å². The second kappa shape index (κ2) is 6.60. The third kappa shape index (κ3) is 4.00. The van der Waals surface area contributed by atoms with Crippen molar-refractivity contribution in [2.75, 3.05) is 13.2 Å². The van der Waals surface area contributed by atoms with E-state index in [4.69, 9.17) is 4.74 Å². The molecule has 3 heteroatoms. The number of pyridine rings is 1. The molecule has 1 saturated carbocycles. The Labute approximate surface area is 104 Å². The van der Waals surface area contributed by atoms with Crippen molar-refractivity contribution in [3.05, 3.63) is 24.0 Å².